The number of ketones is 1. The van der Waals surface area contributed by atoms with Gasteiger partial charge in [0, 0.05) is 12.0 Å². The van der Waals surface area contributed by atoms with E-state index < -0.39 is 11.4 Å². The Bertz CT molecular complexity index is 814. The van der Waals surface area contributed by atoms with Gasteiger partial charge in [-0.05, 0) is 38.8 Å². The van der Waals surface area contributed by atoms with Crippen LogP contribution in [0.25, 0.3) is 11.0 Å². The third-order valence-electron chi connectivity index (χ3n) is 4.00. The molecule has 2 aromatic rings. The molecule has 0 aliphatic carbocycles. The zero-order valence-corrected chi connectivity index (χ0v) is 13.0. The molecular formula is C17H18O6. The van der Waals surface area contributed by atoms with Gasteiger partial charge in [-0.25, -0.2) is 4.79 Å². The summed E-state index contributed by atoms with van der Waals surface area (Å²) in [6.07, 6.45) is 2.54. The van der Waals surface area contributed by atoms with Crippen molar-refractivity contribution in [1.29, 1.82) is 0 Å². The highest BCUT2D eigenvalue weighted by Gasteiger charge is 2.22. The summed E-state index contributed by atoms with van der Waals surface area (Å²) >= 11 is 0. The fourth-order valence-electron chi connectivity index (χ4n) is 2.75. The largest absolute Gasteiger partial charge is 0.506 e. The maximum atomic E-state index is 11.9. The van der Waals surface area contributed by atoms with Crippen molar-refractivity contribution in [3.8, 4) is 11.5 Å². The Hall–Kier alpha value is -2.34. The van der Waals surface area contributed by atoms with Crippen LogP contribution >= 0.6 is 0 Å². The molecule has 0 radical (unpaired) electrons. The maximum Gasteiger partial charge on any atom is 0.351 e. The van der Waals surface area contributed by atoms with Gasteiger partial charge < -0.3 is 19.0 Å². The van der Waals surface area contributed by atoms with Crippen molar-refractivity contribution in [2.45, 2.75) is 39.4 Å². The van der Waals surface area contributed by atoms with Crippen molar-refractivity contribution in [3.63, 3.8) is 0 Å². The molecule has 3 rings (SSSR count). The molecule has 0 saturated carbocycles. The first kappa shape index (κ1) is 15.6. The zero-order chi connectivity index (χ0) is 16.6. The van der Waals surface area contributed by atoms with Crippen molar-refractivity contribution < 1.29 is 23.8 Å². The number of carbonyl (C=O) groups excluding carboxylic acids is 1. The van der Waals surface area contributed by atoms with Crippen LogP contribution in [0.1, 0.15) is 42.1 Å². The second-order valence-electron chi connectivity index (χ2n) is 5.65. The standard InChI is InChI=1S/C17H18O6/c1-9-12(22-13-5-3-4-8-21-13)7-6-11-15(19)14(10(2)18)17(20)23-16(9)11/h6-7,13,19H,3-5,8H2,1-2H3. The van der Waals surface area contributed by atoms with E-state index in [1.807, 2.05) is 0 Å². The van der Waals surface area contributed by atoms with Gasteiger partial charge in [-0.1, -0.05) is 0 Å². The molecule has 1 aliphatic heterocycles. The molecule has 1 saturated heterocycles. The van der Waals surface area contributed by atoms with Gasteiger partial charge in [0.25, 0.3) is 0 Å². The first-order chi connectivity index (χ1) is 11.0. The van der Waals surface area contributed by atoms with Gasteiger partial charge in [0.2, 0.25) is 0 Å². The monoisotopic (exact) mass is 318 g/mol. The van der Waals surface area contributed by atoms with Crippen molar-refractivity contribution in [3.05, 3.63) is 33.7 Å². The van der Waals surface area contributed by atoms with E-state index in [9.17, 15) is 14.7 Å². The summed E-state index contributed by atoms with van der Waals surface area (Å²) in [6, 6.07) is 3.25. The van der Waals surface area contributed by atoms with E-state index in [-0.39, 0.29) is 23.2 Å². The van der Waals surface area contributed by atoms with E-state index in [0.29, 0.717) is 23.3 Å². The Morgan fingerprint density at radius 1 is 1.35 bits per heavy atom. The molecule has 0 amide bonds. The summed E-state index contributed by atoms with van der Waals surface area (Å²) in [5.41, 5.74) is -0.386. The number of hydrogen-bond acceptors (Lipinski definition) is 6. The van der Waals surface area contributed by atoms with Crippen molar-refractivity contribution in [2.75, 3.05) is 6.61 Å². The van der Waals surface area contributed by atoms with Gasteiger partial charge in [0.15, 0.2) is 12.1 Å². The van der Waals surface area contributed by atoms with Crippen LogP contribution in [0.15, 0.2) is 21.3 Å². The number of fused-ring (bicyclic) bond motifs is 1. The number of aromatic hydroxyl groups is 1. The molecule has 1 aromatic heterocycles. The summed E-state index contributed by atoms with van der Waals surface area (Å²) in [7, 11) is 0. The van der Waals surface area contributed by atoms with E-state index in [4.69, 9.17) is 13.9 Å². The first-order valence-electron chi connectivity index (χ1n) is 7.57. The Kier molecular flexibility index (Phi) is 4.09. The van der Waals surface area contributed by atoms with Gasteiger partial charge in [-0.15, -0.1) is 0 Å². The first-order valence-corrected chi connectivity index (χ1v) is 7.57. The van der Waals surface area contributed by atoms with Crippen LogP contribution < -0.4 is 10.4 Å². The Morgan fingerprint density at radius 2 is 2.13 bits per heavy atom. The van der Waals surface area contributed by atoms with Crippen LogP contribution in [0, 0.1) is 6.92 Å². The lowest BCUT2D eigenvalue weighted by molar-refractivity contribution is -0.106. The third kappa shape index (κ3) is 2.82. The molecule has 1 N–H and O–H groups in total. The Labute approximate surface area is 132 Å². The topological polar surface area (TPSA) is 86.0 Å². The molecule has 1 aliphatic rings. The van der Waals surface area contributed by atoms with Crippen LogP contribution in [0.3, 0.4) is 0 Å². The highest BCUT2D eigenvalue weighted by Crippen LogP contribution is 2.34. The lowest BCUT2D eigenvalue weighted by atomic mass is 10.1. The summed E-state index contributed by atoms with van der Waals surface area (Å²) in [6.45, 7) is 3.61. The lowest BCUT2D eigenvalue weighted by Gasteiger charge is -2.24. The van der Waals surface area contributed by atoms with Gasteiger partial charge >= 0.3 is 5.63 Å². The summed E-state index contributed by atoms with van der Waals surface area (Å²) in [4.78, 5) is 23.4. The average molecular weight is 318 g/mol. The highest BCUT2D eigenvalue weighted by atomic mass is 16.7. The number of hydrogen-bond donors (Lipinski definition) is 1. The van der Waals surface area contributed by atoms with Crippen LogP contribution in [0.4, 0.5) is 0 Å². The molecule has 0 spiro atoms. The van der Waals surface area contributed by atoms with E-state index >= 15 is 0 Å². The second kappa shape index (κ2) is 6.04. The predicted molar refractivity (Wildman–Crippen MR) is 83.1 cm³/mol. The molecule has 0 bridgehead atoms. The minimum absolute atomic E-state index is 0.214. The summed E-state index contributed by atoms with van der Waals surface area (Å²) < 4.78 is 16.6. The van der Waals surface area contributed by atoms with E-state index in [2.05, 4.69) is 0 Å². The quantitative estimate of drug-likeness (QED) is 0.692. The van der Waals surface area contributed by atoms with E-state index in [1.165, 1.54) is 6.92 Å². The molecule has 6 nitrogen and oxygen atoms in total. The summed E-state index contributed by atoms with van der Waals surface area (Å²) in [5.74, 6) is -0.360. The lowest BCUT2D eigenvalue weighted by Crippen LogP contribution is -2.25. The number of carbonyl (C=O) groups is 1. The molecule has 1 fully saturated rings. The molecule has 2 heterocycles. The summed E-state index contributed by atoms with van der Waals surface area (Å²) in [5, 5.41) is 10.5. The highest BCUT2D eigenvalue weighted by molar-refractivity contribution is 6.02. The van der Waals surface area contributed by atoms with Gasteiger partial charge in [0.05, 0.1) is 12.0 Å². The van der Waals surface area contributed by atoms with Crippen LogP contribution in [0.2, 0.25) is 0 Å². The van der Waals surface area contributed by atoms with Gasteiger partial charge in [-0.3, -0.25) is 4.79 Å². The fourth-order valence-corrected chi connectivity index (χ4v) is 2.75. The number of ether oxygens (including phenoxy) is 2. The molecule has 6 heteroatoms. The average Bonchev–Trinajstić information content (AvgIpc) is 2.51. The van der Waals surface area contributed by atoms with Crippen LogP contribution in [-0.2, 0) is 4.74 Å². The Morgan fingerprint density at radius 3 is 2.78 bits per heavy atom. The third-order valence-corrected chi connectivity index (χ3v) is 4.00. The molecule has 1 aromatic carbocycles. The van der Waals surface area contributed by atoms with E-state index in [1.54, 1.807) is 19.1 Å². The molecule has 1 unspecified atom stereocenters. The number of rotatable bonds is 3. The smallest absolute Gasteiger partial charge is 0.351 e. The maximum absolute atomic E-state index is 11.9. The molecular weight excluding hydrogens is 300 g/mol. The molecule has 122 valence electrons. The zero-order valence-electron chi connectivity index (χ0n) is 13.0. The number of benzene rings is 1. The molecule has 1 atom stereocenters. The van der Waals surface area contributed by atoms with Crippen LogP contribution in [0.5, 0.6) is 11.5 Å². The van der Waals surface area contributed by atoms with Crippen molar-refractivity contribution in [2.24, 2.45) is 0 Å². The minimum atomic E-state index is -0.850. The number of Topliss-reactive ketones (excluding diaryl/α,β-unsaturated/α-hetero) is 1. The second-order valence-corrected chi connectivity index (χ2v) is 5.65. The van der Waals surface area contributed by atoms with Crippen molar-refractivity contribution in [1.82, 2.24) is 0 Å². The fraction of sp³-hybridized carbons (Fsp3) is 0.412. The SMILES string of the molecule is CC(=O)c1c(O)c2ccc(OC3CCCCO3)c(C)c2oc1=O. The molecule has 23 heavy (non-hydrogen) atoms. The van der Waals surface area contributed by atoms with Gasteiger partial charge in [0.1, 0.15) is 22.6 Å². The van der Waals surface area contributed by atoms with Gasteiger partial charge in [-0.2, -0.15) is 0 Å². The van der Waals surface area contributed by atoms with Crippen LogP contribution in [-0.4, -0.2) is 23.8 Å². The van der Waals surface area contributed by atoms with Crippen molar-refractivity contribution >= 4 is 16.8 Å². The Balaban J connectivity index is 2.07. The number of aryl methyl sites for hydroxylation is 1. The minimum Gasteiger partial charge on any atom is -0.506 e. The predicted octanol–water partition coefficient (Wildman–Crippen LogP) is 2.92. The normalized spacial score (nSPS) is 18.1. The van der Waals surface area contributed by atoms with E-state index in [0.717, 1.165) is 19.3 Å².